The quantitative estimate of drug-likeness (QED) is 0.877. The standard InChI is InChI=1S/C12H11NO4/c1-16-7-3-4-10-8(5-7)9(12(14)15)6-11(13-10)17-2/h3-6H,1-2H3,(H,14,15). The maximum Gasteiger partial charge on any atom is 0.336 e. The SMILES string of the molecule is COc1ccc2nc(OC)cc(C(=O)O)c2c1. The number of rotatable bonds is 3. The molecule has 5 nitrogen and oxygen atoms in total. The molecule has 1 heterocycles. The van der Waals surface area contributed by atoms with Crippen molar-refractivity contribution >= 4 is 16.9 Å². The number of pyridine rings is 1. The zero-order valence-electron chi connectivity index (χ0n) is 9.43. The minimum absolute atomic E-state index is 0.144. The van der Waals surface area contributed by atoms with Gasteiger partial charge in [0.05, 0.1) is 25.3 Å². The second kappa shape index (κ2) is 4.29. The topological polar surface area (TPSA) is 68.7 Å². The molecule has 0 aliphatic rings. The van der Waals surface area contributed by atoms with E-state index in [1.807, 2.05) is 0 Å². The molecule has 0 saturated carbocycles. The van der Waals surface area contributed by atoms with Gasteiger partial charge in [0.2, 0.25) is 5.88 Å². The molecule has 0 aliphatic carbocycles. The third-order valence-corrected chi connectivity index (χ3v) is 2.43. The van der Waals surface area contributed by atoms with Crippen LogP contribution in [0, 0.1) is 0 Å². The van der Waals surface area contributed by atoms with Crippen LogP contribution in [0.2, 0.25) is 0 Å². The summed E-state index contributed by atoms with van der Waals surface area (Å²) in [7, 11) is 2.97. The first kappa shape index (κ1) is 11.2. The van der Waals surface area contributed by atoms with Gasteiger partial charge in [-0.25, -0.2) is 9.78 Å². The van der Waals surface area contributed by atoms with Gasteiger partial charge in [-0.15, -0.1) is 0 Å². The van der Waals surface area contributed by atoms with E-state index >= 15 is 0 Å². The largest absolute Gasteiger partial charge is 0.497 e. The van der Waals surface area contributed by atoms with Crippen LogP contribution in [0.1, 0.15) is 10.4 Å². The molecule has 88 valence electrons. The van der Waals surface area contributed by atoms with Gasteiger partial charge < -0.3 is 14.6 Å². The van der Waals surface area contributed by atoms with Crippen molar-refractivity contribution in [3.63, 3.8) is 0 Å². The summed E-state index contributed by atoms with van der Waals surface area (Å²) in [5.74, 6) is -0.156. The third kappa shape index (κ3) is 1.99. The van der Waals surface area contributed by atoms with Gasteiger partial charge in [0, 0.05) is 11.5 Å². The number of carboxylic acids is 1. The highest BCUT2D eigenvalue weighted by molar-refractivity contribution is 6.03. The highest BCUT2D eigenvalue weighted by Crippen LogP contribution is 2.25. The van der Waals surface area contributed by atoms with Gasteiger partial charge in [0.1, 0.15) is 5.75 Å². The smallest absolute Gasteiger partial charge is 0.336 e. The Bertz CT molecular complexity index is 580. The molecule has 1 N–H and O–H groups in total. The molecular weight excluding hydrogens is 222 g/mol. The molecule has 0 atom stereocenters. The fourth-order valence-electron chi connectivity index (χ4n) is 1.59. The number of methoxy groups -OCH3 is 2. The molecule has 2 rings (SSSR count). The number of hydrogen-bond acceptors (Lipinski definition) is 4. The van der Waals surface area contributed by atoms with Crippen molar-refractivity contribution < 1.29 is 19.4 Å². The summed E-state index contributed by atoms with van der Waals surface area (Å²) in [6.45, 7) is 0. The van der Waals surface area contributed by atoms with Crippen molar-refractivity contribution in [2.75, 3.05) is 14.2 Å². The van der Waals surface area contributed by atoms with E-state index in [0.717, 1.165) is 0 Å². The van der Waals surface area contributed by atoms with Crippen LogP contribution in [-0.2, 0) is 0 Å². The Labute approximate surface area is 97.6 Å². The average molecular weight is 233 g/mol. The van der Waals surface area contributed by atoms with Crippen molar-refractivity contribution in [2.24, 2.45) is 0 Å². The summed E-state index contributed by atoms with van der Waals surface area (Å²) in [5.41, 5.74) is 0.702. The molecule has 5 heteroatoms. The Morgan fingerprint density at radius 2 is 2.00 bits per heavy atom. The summed E-state index contributed by atoms with van der Waals surface area (Å²) < 4.78 is 10.0. The van der Waals surface area contributed by atoms with Gasteiger partial charge in [-0.2, -0.15) is 0 Å². The second-order valence-corrected chi connectivity index (χ2v) is 3.40. The second-order valence-electron chi connectivity index (χ2n) is 3.40. The van der Waals surface area contributed by atoms with Crippen molar-refractivity contribution in [1.82, 2.24) is 4.98 Å². The lowest BCUT2D eigenvalue weighted by Crippen LogP contribution is -2.01. The van der Waals surface area contributed by atoms with Crippen LogP contribution < -0.4 is 9.47 Å². The summed E-state index contributed by atoms with van der Waals surface area (Å²) in [4.78, 5) is 15.3. The first-order chi connectivity index (χ1) is 8.15. The molecule has 1 aromatic heterocycles. The number of hydrogen-bond donors (Lipinski definition) is 1. The lowest BCUT2D eigenvalue weighted by Gasteiger charge is -2.07. The Morgan fingerprint density at radius 3 is 2.59 bits per heavy atom. The van der Waals surface area contributed by atoms with Gasteiger partial charge in [0.15, 0.2) is 0 Å². The van der Waals surface area contributed by atoms with Crippen LogP contribution in [0.5, 0.6) is 11.6 Å². The lowest BCUT2D eigenvalue weighted by molar-refractivity contribution is 0.0698. The fourth-order valence-corrected chi connectivity index (χ4v) is 1.59. The number of benzene rings is 1. The van der Waals surface area contributed by atoms with Gasteiger partial charge in [-0.1, -0.05) is 0 Å². The predicted molar refractivity (Wildman–Crippen MR) is 61.8 cm³/mol. The van der Waals surface area contributed by atoms with E-state index in [-0.39, 0.29) is 11.4 Å². The number of fused-ring (bicyclic) bond motifs is 1. The Hall–Kier alpha value is -2.30. The van der Waals surface area contributed by atoms with Gasteiger partial charge in [-0.05, 0) is 18.2 Å². The Balaban J connectivity index is 2.77. The predicted octanol–water partition coefficient (Wildman–Crippen LogP) is 1.95. The first-order valence-corrected chi connectivity index (χ1v) is 4.92. The molecule has 0 bridgehead atoms. The summed E-state index contributed by atoms with van der Waals surface area (Å²) in [5, 5.41) is 9.67. The number of aromatic nitrogens is 1. The van der Waals surface area contributed by atoms with Crippen molar-refractivity contribution in [3.8, 4) is 11.6 Å². The van der Waals surface area contributed by atoms with E-state index in [2.05, 4.69) is 4.98 Å². The molecule has 0 saturated heterocycles. The fraction of sp³-hybridized carbons (Fsp3) is 0.167. The zero-order chi connectivity index (χ0) is 12.4. The third-order valence-electron chi connectivity index (χ3n) is 2.43. The highest BCUT2D eigenvalue weighted by Gasteiger charge is 2.12. The number of aromatic carboxylic acids is 1. The molecule has 0 radical (unpaired) electrons. The number of nitrogens with zero attached hydrogens (tertiary/aromatic N) is 1. The normalized spacial score (nSPS) is 10.2. The van der Waals surface area contributed by atoms with E-state index in [1.54, 1.807) is 18.2 Å². The molecule has 0 spiro atoms. The van der Waals surface area contributed by atoms with Crippen LogP contribution >= 0.6 is 0 Å². The lowest BCUT2D eigenvalue weighted by atomic mass is 10.1. The van der Waals surface area contributed by atoms with E-state index in [1.165, 1.54) is 20.3 Å². The Kier molecular flexibility index (Phi) is 2.82. The molecule has 0 unspecified atom stereocenters. The van der Waals surface area contributed by atoms with E-state index in [9.17, 15) is 4.79 Å². The monoisotopic (exact) mass is 233 g/mol. The minimum atomic E-state index is -1.02. The minimum Gasteiger partial charge on any atom is -0.497 e. The molecule has 1 aromatic carbocycles. The zero-order valence-corrected chi connectivity index (χ0v) is 9.43. The number of carbonyl (C=O) groups is 1. The number of carboxylic acid groups (broad SMARTS) is 1. The maximum absolute atomic E-state index is 11.2. The van der Waals surface area contributed by atoms with E-state index < -0.39 is 5.97 Å². The maximum atomic E-state index is 11.2. The van der Waals surface area contributed by atoms with Crippen LogP contribution in [0.25, 0.3) is 10.9 Å². The summed E-state index contributed by atoms with van der Waals surface area (Å²) in [6, 6.07) is 6.46. The molecule has 0 aliphatic heterocycles. The first-order valence-electron chi connectivity index (χ1n) is 4.92. The van der Waals surface area contributed by atoms with Gasteiger partial charge in [-0.3, -0.25) is 0 Å². The number of ether oxygens (including phenoxy) is 2. The summed E-state index contributed by atoms with van der Waals surface area (Å²) in [6.07, 6.45) is 0. The van der Waals surface area contributed by atoms with Crippen LogP contribution in [0.15, 0.2) is 24.3 Å². The van der Waals surface area contributed by atoms with Crippen molar-refractivity contribution in [1.29, 1.82) is 0 Å². The molecule has 0 fully saturated rings. The van der Waals surface area contributed by atoms with Gasteiger partial charge in [0.25, 0.3) is 0 Å². The summed E-state index contributed by atoms with van der Waals surface area (Å²) >= 11 is 0. The molecular formula is C12H11NO4. The van der Waals surface area contributed by atoms with Crippen LogP contribution in [0.3, 0.4) is 0 Å². The van der Waals surface area contributed by atoms with Crippen LogP contribution in [-0.4, -0.2) is 30.3 Å². The van der Waals surface area contributed by atoms with E-state index in [0.29, 0.717) is 16.7 Å². The molecule has 2 aromatic rings. The highest BCUT2D eigenvalue weighted by atomic mass is 16.5. The van der Waals surface area contributed by atoms with Gasteiger partial charge >= 0.3 is 5.97 Å². The van der Waals surface area contributed by atoms with E-state index in [4.69, 9.17) is 14.6 Å². The Morgan fingerprint density at radius 1 is 1.24 bits per heavy atom. The molecule has 17 heavy (non-hydrogen) atoms. The van der Waals surface area contributed by atoms with Crippen LogP contribution in [0.4, 0.5) is 0 Å². The van der Waals surface area contributed by atoms with Crippen molar-refractivity contribution in [3.05, 3.63) is 29.8 Å². The van der Waals surface area contributed by atoms with Crippen molar-refractivity contribution in [2.45, 2.75) is 0 Å². The average Bonchev–Trinajstić information content (AvgIpc) is 2.36. The molecule has 0 amide bonds.